The van der Waals surface area contributed by atoms with Crippen LogP contribution in [0.5, 0.6) is 11.5 Å². The number of H-pyrrole nitrogens is 1. The third-order valence-electron chi connectivity index (χ3n) is 4.81. The van der Waals surface area contributed by atoms with E-state index in [9.17, 15) is 4.79 Å². The number of rotatable bonds is 5. The summed E-state index contributed by atoms with van der Waals surface area (Å²) in [5, 5.41) is 13.3. The van der Waals surface area contributed by atoms with Gasteiger partial charge < -0.3 is 14.8 Å². The van der Waals surface area contributed by atoms with E-state index in [-0.39, 0.29) is 5.91 Å². The van der Waals surface area contributed by atoms with E-state index in [1.165, 1.54) is 17.5 Å². The summed E-state index contributed by atoms with van der Waals surface area (Å²) in [6.07, 6.45) is 1.52. The maximum atomic E-state index is 12.8. The minimum absolute atomic E-state index is 0.234. The molecule has 1 aliphatic rings. The van der Waals surface area contributed by atoms with Crippen LogP contribution in [0.15, 0.2) is 54.0 Å². The van der Waals surface area contributed by atoms with E-state index in [1.54, 1.807) is 0 Å². The summed E-state index contributed by atoms with van der Waals surface area (Å²) in [5.74, 6) is 1.12. The monoisotopic (exact) mass is 452 g/mol. The summed E-state index contributed by atoms with van der Waals surface area (Å²) in [4.78, 5) is 17.4. The molecule has 0 bridgehead atoms. The molecule has 1 aliphatic heterocycles. The molecule has 156 valence electrons. The number of amides is 1. The summed E-state index contributed by atoms with van der Waals surface area (Å²) < 4.78 is 11.2. The van der Waals surface area contributed by atoms with Crippen molar-refractivity contribution in [3.63, 3.8) is 0 Å². The largest absolute Gasteiger partial charge is 0.486 e. The highest BCUT2D eigenvalue weighted by Gasteiger charge is 2.19. The molecule has 0 spiro atoms. The number of benzene rings is 2. The fraction of sp³-hybridized carbons (Fsp3) is 0.136. The second-order valence-corrected chi connectivity index (χ2v) is 8.21. The molecule has 0 atom stereocenters. The lowest BCUT2D eigenvalue weighted by atomic mass is 10.1. The van der Waals surface area contributed by atoms with Crippen LogP contribution in [0.4, 0.5) is 0 Å². The molecule has 0 aliphatic carbocycles. The molecule has 1 amide bonds. The van der Waals surface area contributed by atoms with Crippen molar-refractivity contribution in [3.05, 3.63) is 69.6 Å². The number of nitrogens with one attached hydrogen (secondary N) is 2. The highest BCUT2D eigenvalue weighted by atomic mass is 35.5. The van der Waals surface area contributed by atoms with E-state index >= 15 is 0 Å². The van der Waals surface area contributed by atoms with E-state index in [0.717, 1.165) is 21.8 Å². The van der Waals surface area contributed by atoms with E-state index in [2.05, 4.69) is 20.5 Å². The minimum atomic E-state index is -0.234. The number of ether oxygens (including phenoxy) is 2. The van der Waals surface area contributed by atoms with Gasteiger partial charge in [0.05, 0.1) is 29.7 Å². The van der Waals surface area contributed by atoms with Crippen LogP contribution < -0.4 is 14.8 Å². The number of aromatic amines is 1. The summed E-state index contributed by atoms with van der Waals surface area (Å²) in [7, 11) is 0. The zero-order valence-corrected chi connectivity index (χ0v) is 17.8. The molecule has 3 heterocycles. The molecule has 0 saturated heterocycles. The van der Waals surface area contributed by atoms with E-state index in [4.69, 9.17) is 21.1 Å². The van der Waals surface area contributed by atoms with Gasteiger partial charge in [-0.2, -0.15) is 5.10 Å². The molecule has 9 heteroatoms. The van der Waals surface area contributed by atoms with Crippen LogP contribution in [0.25, 0.3) is 22.5 Å². The first kappa shape index (κ1) is 19.6. The molecule has 0 unspecified atom stereocenters. The van der Waals surface area contributed by atoms with Crippen LogP contribution in [0.1, 0.15) is 15.4 Å². The molecule has 5 rings (SSSR count). The fourth-order valence-electron chi connectivity index (χ4n) is 3.27. The van der Waals surface area contributed by atoms with E-state index in [1.807, 2.05) is 47.8 Å². The van der Waals surface area contributed by atoms with Crippen molar-refractivity contribution in [1.29, 1.82) is 0 Å². The third kappa shape index (κ3) is 4.12. The highest BCUT2D eigenvalue weighted by molar-refractivity contribution is 7.09. The molecular weight excluding hydrogens is 436 g/mol. The number of carbonyl (C=O) groups is 1. The second-order valence-electron chi connectivity index (χ2n) is 6.83. The van der Waals surface area contributed by atoms with Crippen LogP contribution >= 0.6 is 22.9 Å². The highest BCUT2D eigenvalue weighted by Crippen LogP contribution is 2.34. The number of hydrogen-bond acceptors (Lipinski definition) is 6. The van der Waals surface area contributed by atoms with E-state index in [0.29, 0.717) is 47.5 Å². The molecule has 4 aromatic rings. The summed E-state index contributed by atoms with van der Waals surface area (Å²) >= 11 is 7.43. The Labute approximate surface area is 187 Å². The van der Waals surface area contributed by atoms with Crippen LogP contribution in [0.3, 0.4) is 0 Å². The van der Waals surface area contributed by atoms with Crippen molar-refractivity contribution in [1.82, 2.24) is 20.5 Å². The first-order valence-electron chi connectivity index (χ1n) is 9.59. The molecule has 2 aromatic heterocycles. The predicted molar refractivity (Wildman–Crippen MR) is 119 cm³/mol. The topological polar surface area (TPSA) is 89.1 Å². The van der Waals surface area contributed by atoms with Gasteiger partial charge in [0.15, 0.2) is 11.5 Å². The van der Waals surface area contributed by atoms with Crippen molar-refractivity contribution in [2.24, 2.45) is 0 Å². The molecule has 0 radical (unpaired) electrons. The van der Waals surface area contributed by atoms with Crippen molar-refractivity contribution in [2.75, 3.05) is 13.2 Å². The summed E-state index contributed by atoms with van der Waals surface area (Å²) in [6.45, 7) is 1.35. The van der Waals surface area contributed by atoms with Gasteiger partial charge in [0.2, 0.25) is 0 Å². The van der Waals surface area contributed by atoms with Crippen molar-refractivity contribution < 1.29 is 14.3 Å². The van der Waals surface area contributed by atoms with Gasteiger partial charge in [0.25, 0.3) is 5.91 Å². The van der Waals surface area contributed by atoms with Crippen molar-refractivity contribution >= 4 is 28.8 Å². The SMILES string of the molecule is O=C(NCc1nc(-c2ccc(Cl)cc2)cs1)c1cn[nH]c1-c1ccc2c(c1)OCCO2. The maximum absolute atomic E-state index is 12.8. The number of carbonyl (C=O) groups excluding carboxylic acids is 1. The Bertz CT molecular complexity index is 1240. The number of aromatic nitrogens is 3. The van der Waals surface area contributed by atoms with Crippen LogP contribution in [-0.4, -0.2) is 34.3 Å². The lowest BCUT2D eigenvalue weighted by molar-refractivity contribution is 0.0951. The standard InChI is InChI=1S/C22H17ClN4O3S/c23-15-4-1-13(2-5-15)17-12-31-20(26-17)11-24-22(28)16-10-25-27-21(16)14-3-6-18-19(9-14)30-8-7-29-18/h1-6,9-10,12H,7-8,11H2,(H,24,28)(H,25,27). The molecule has 31 heavy (non-hydrogen) atoms. The molecular formula is C22H17ClN4O3S. The number of fused-ring (bicyclic) bond motifs is 1. The lowest BCUT2D eigenvalue weighted by Gasteiger charge is -2.18. The minimum Gasteiger partial charge on any atom is -0.486 e. The maximum Gasteiger partial charge on any atom is 0.255 e. The van der Waals surface area contributed by atoms with Crippen LogP contribution in [-0.2, 0) is 6.54 Å². The summed E-state index contributed by atoms with van der Waals surface area (Å²) in [6, 6.07) is 13.1. The van der Waals surface area contributed by atoms with Gasteiger partial charge in [-0.25, -0.2) is 4.98 Å². The van der Waals surface area contributed by atoms with Crippen molar-refractivity contribution in [2.45, 2.75) is 6.54 Å². The molecule has 0 saturated carbocycles. The van der Waals surface area contributed by atoms with Gasteiger partial charge in [0, 0.05) is 21.5 Å². The van der Waals surface area contributed by atoms with Gasteiger partial charge in [-0.05, 0) is 30.3 Å². The van der Waals surface area contributed by atoms with Crippen LogP contribution in [0, 0.1) is 0 Å². The Morgan fingerprint density at radius 1 is 1.10 bits per heavy atom. The number of thiazole rings is 1. The molecule has 0 fully saturated rings. The average molecular weight is 453 g/mol. The van der Waals surface area contributed by atoms with Gasteiger partial charge >= 0.3 is 0 Å². The molecule has 2 aromatic carbocycles. The Morgan fingerprint density at radius 2 is 1.87 bits per heavy atom. The quantitative estimate of drug-likeness (QED) is 0.463. The predicted octanol–water partition coefficient (Wildman–Crippen LogP) is 4.55. The lowest BCUT2D eigenvalue weighted by Crippen LogP contribution is -2.23. The first-order valence-corrected chi connectivity index (χ1v) is 10.8. The fourth-order valence-corrected chi connectivity index (χ4v) is 4.14. The number of hydrogen-bond donors (Lipinski definition) is 2. The Kier molecular flexibility index (Phi) is 5.31. The first-order chi connectivity index (χ1) is 15.2. The third-order valence-corrected chi connectivity index (χ3v) is 5.91. The molecule has 2 N–H and O–H groups in total. The Morgan fingerprint density at radius 3 is 2.71 bits per heavy atom. The Hall–Kier alpha value is -3.36. The second kappa shape index (κ2) is 8.41. The Balaban J connectivity index is 1.29. The van der Waals surface area contributed by atoms with E-state index < -0.39 is 0 Å². The van der Waals surface area contributed by atoms with Crippen LogP contribution in [0.2, 0.25) is 5.02 Å². The average Bonchev–Trinajstić information content (AvgIpc) is 3.48. The van der Waals surface area contributed by atoms with Crippen molar-refractivity contribution in [3.8, 4) is 34.0 Å². The van der Waals surface area contributed by atoms with Gasteiger partial charge in [0.1, 0.15) is 18.2 Å². The van der Waals surface area contributed by atoms with Gasteiger partial charge in [-0.1, -0.05) is 23.7 Å². The number of nitrogens with zero attached hydrogens (tertiary/aromatic N) is 2. The smallest absolute Gasteiger partial charge is 0.255 e. The normalized spacial score (nSPS) is 12.5. The van der Waals surface area contributed by atoms with Gasteiger partial charge in [-0.3, -0.25) is 9.89 Å². The number of halogens is 1. The zero-order valence-electron chi connectivity index (χ0n) is 16.2. The zero-order chi connectivity index (χ0) is 21.2. The van der Waals surface area contributed by atoms with Gasteiger partial charge in [-0.15, -0.1) is 11.3 Å². The molecule has 7 nitrogen and oxygen atoms in total. The summed E-state index contributed by atoms with van der Waals surface area (Å²) in [5.41, 5.74) is 3.70.